The van der Waals surface area contributed by atoms with E-state index in [4.69, 9.17) is 4.98 Å². The second-order valence-electron chi connectivity index (χ2n) is 11.7. The molecule has 3 heterocycles. The van der Waals surface area contributed by atoms with Gasteiger partial charge < -0.3 is 10.6 Å². The zero-order valence-electron chi connectivity index (χ0n) is 25.6. The monoisotopic (exact) mass is 588 g/mol. The predicted octanol–water partition coefficient (Wildman–Crippen LogP) is 5.18. The van der Waals surface area contributed by atoms with Crippen molar-refractivity contribution in [1.82, 2.24) is 34.8 Å². The molecule has 2 atom stereocenters. The topological polar surface area (TPSA) is 120 Å². The highest BCUT2D eigenvalue weighted by atomic mass is 16.2. The first kappa shape index (κ1) is 29.0. The van der Waals surface area contributed by atoms with E-state index in [-0.39, 0.29) is 23.7 Å². The van der Waals surface area contributed by atoms with Gasteiger partial charge in [0.15, 0.2) is 0 Å². The summed E-state index contributed by atoms with van der Waals surface area (Å²) < 4.78 is 3.34. The fourth-order valence-corrected chi connectivity index (χ4v) is 5.99. The van der Waals surface area contributed by atoms with Gasteiger partial charge in [0.05, 0.1) is 29.5 Å². The summed E-state index contributed by atoms with van der Waals surface area (Å²) in [5.41, 5.74) is 8.96. The highest BCUT2D eigenvalue weighted by molar-refractivity contribution is 6.01. The lowest BCUT2D eigenvalue weighted by atomic mass is 9.90. The lowest BCUT2D eigenvalue weighted by molar-refractivity contribution is -0.118. The zero-order chi connectivity index (χ0) is 31.0. The molecule has 2 N–H and O–H groups in total. The number of aromatic nitrogens is 6. The number of benzene rings is 2. The third-order valence-electron chi connectivity index (χ3n) is 8.38. The Labute approximate surface area is 256 Å². The maximum absolute atomic E-state index is 14.0. The number of rotatable bonds is 8. The molecule has 3 aromatic heterocycles. The van der Waals surface area contributed by atoms with Crippen molar-refractivity contribution in [3.8, 4) is 22.5 Å². The molecule has 0 radical (unpaired) electrons. The first-order valence-corrected chi connectivity index (χ1v) is 14.8. The Kier molecular flexibility index (Phi) is 7.82. The maximum atomic E-state index is 14.0. The van der Waals surface area contributed by atoms with E-state index in [1.165, 1.54) is 4.68 Å². The number of amides is 2. The van der Waals surface area contributed by atoms with Crippen LogP contribution in [0.15, 0.2) is 73.3 Å². The van der Waals surface area contributed by atoms with Gasteiger partial charge in [0.25, 0.3) is 5.91 Å². The second-order valence-corrected chi connectivity index (χ2v) is 11.7. The van der Waals surface area contributed by atoms with Crippen LogP contribution in [0.25, 0.3) is 22.5 Å². The number of fused-ring (bicyclic) bond motifs is 1. The number of hydrogen-bond acceptors (Lipinski definition) is 6. The van der Waals surface area contributed by atoms with Crippen molar-refractivity contribution in [3.05, 3.63) is 101 Å². The largest absolute Gasteiger partial charge is 0.338 e. The van der Waals surface area contributed by atoms with Gasteiger partial charge in [0.1, 0.15) is 11.7 Å². The molecule has 1 aliphatic rings. The summed E-state index contributed by atoms with van der Waals surface area (Å²) in [6.45, 7) is 6.20. The molecule has 1 aliphatic carbocycles. The van der Waals surface area contributed by atoms with Gasteiger partial charge in [-0.25, -0.2) is 4.98 Å². The predicted molar refractivity (Wildman–Crippen MR) is 169 cm³/mol. The first-order chi connectivity index (χ1) is 21.2. The molecule has 10 heteroatoms. The molecule has 0 aliphatic heterocycles. The van der Waals surface area contributed by atoms with Crippen LogP contribution in [0.3, 0.4) is 0 Å². The molecule has 44 heavy (non-hydrogen) atoms. The molecule has 10 nitrogen and oxygen atoms in total. The third-order valence-corrected chi connectivity index (χ3v) is 8.38. The molecule has 0 saturated carbocycles. The van der Waals surface area contributed by atoms with Crippen LogP contribution in [0.2, 0.25) is 0 Å². The van der Waals surface area contributed by atoms with E-state index in [9.17, 15) is 9.59 Å². The Morgan fingerprint density at radius 2 is 1.70 bits per heavy atom. The zero-order valence-corrected chi connectivity index (χ0v) is 25.6. The van der Waals surface area contributed by atoms with Crippen LogP contribution in [-0.4, -0.2) is 47.4 Å². The molecular weight excluding hydrogens is 552 g/mol. The molecule has 0 saturated heterocycles. The van der Waals surface area contributed by atoms with Crippen LogP contribution in [0, 0.1) is 6.92 Å². The summed E-state index contributed by atoms with van der Waals surface area (Å²) in [6.07, 6.45) is 8.49. The highest BCUT2D eigenvalue weighted by Gasteiger charge is 2.36. The number of hydrogen-bond donors (Lipinski definition) is 2. The SMILES string of the molecule is Cc1cnn(C)c1-c1ccc(NC(=O)C(NC(=O)c2ccnn2C)[C@@H]2CCc3ccc(-c4cncc(C(C)C)n4)cc32)cc1. The summed E-state index contributed by atoms with van der Waals surface area (Å²) in [6, 6.07) is 14.8. The van der Waals surface area contributed by atoms with Gasteiger partial charge in [-0.3, -0.25) is 23.9 Å². The van der Waals surface area contributed by atoms with Crippen LogP contribution in [0.5, 0.6) is 0 Å². The molecule has 5 aromatic rings. The van der Waals surface area contributed by atoms with Crippen molar-refractivity contribution in [2.75, 3.05) is 5.32 Å². The van der Waals surface area contributed by atoms with E-state index in [0.717, 1.165) is 57.7 Å². The number of carbonyl (C=O) groups is 2. The van der Waals surface area contributed by atoms with Crippen molar-refractivity contribution in [3.63, 3.8) is 0 Å². The maximum Gasteiger partial charge on any atom is 0.270 e. The van der Waals surface area contributed by atoms with Gasteiger partial charge in [-0.2, -0.15) is 10.2 Å². The van der Waals surface area contributed by atoms with Crippen molar-refractivity contribution < 1.29 is 9.59 Å². The van der Waals surface area contributed by atoms with Crippen molar-refractivity contribution >= 4 is 17.5 Å². The summed E-state index contributed by atoms with van der Waals surface area (Å²) in [5, 5.41) is 14.6. The quantitative estimate of drug-likeness (QED) is 0.258. The Balaban J connectivity index is 1.31. The molecule has 224 valence electrons. The van der Waals surface area contributed by atoms with E-state index < -0.39 is 6.04 Å². The highest BCUT2D eigenvalue weighted by Crippen LogP contribution is 2.38. The Hall–Kier alpha value is -5.12. The molecule has 6 rings (SSSR count). The molecule has 0 spiro atoms. The van der Waals surface area contributed by atoms with Gasteiger partial charge in [-0.05, 0) is 66.6 Å². The fourth-order valence-electron chi connectivity index (χ4n) is 5.99. The molecule has 1 unspecified atom stereocenters. The van der Waals surface area contributed by atoms with Crippen LogP contribution >= 0.6 is 0 Å². The molecule has 0 fully saturated rings. The number of carbonyl (C=O) groups excluding carboxylic acids is 2. The number of nitrogens with zero attached hydrogens (tertiary/aromatic N) is 6. The summed E-state index contributed by atoms with van der Waals surface area (Å²) in [4.78, 5) is 36.7. The Bertz CT molecular complexity index is 1820. The smallest absolute Gasteiger partial charge is 0.270 e. The van der Waals surface area contributed by atoms with Crippen LogP contribution in [0.1, 0.15) is 65.0 Å². The molecule has 2 aromatic carbocycles. The van der Waals surface area contributed by atoms with Crippen LogP contribution in [0.4, 0.5) is 5.69 Å². The minimum atomic E-state index is -0.819. The molecule has 0 bridgehead atoms. The van der Waals surface area contributed by atoms with Crippen molar-refractivity contribution in [1.29, 1.82) is 0 Å². The van der Waals surface area contributed by atoms with Crippen LogP contribution in [-0.2, 0) is 25.3 Å². The number of aryl methyl sites for hydroxylation is 4. The summed E-state index contributed by atoms with van der Waals surface area (Å²) in [7, 11) is 3.62. The standard InChI is InChI=1S/C34H36N8O2/c1-20(2)28-18-35-19-29(39-28)24-7-6-22-10-13-26(27(22)16-24)31(40-33(43)30-14-15-36-41(30)4)34(44)38-25-11-8-23(9-12-25)32-21(3)17-37-42(32)5/h6-9,11-12,14-20,26,31H,10,13H2,1-5H3,(H,38,44)(H,40,43)/t26-,31?/m1/s1. The van der Waals surface area contributed by atoms with Gasteiger partial charge in [0.2, 0.25) is 5.91 Å². The Morgan fingerprint density at radius 3 is 2.39 bits per heavy atom. The average molecular weight is 589 g/mol. The minimum Gasteiger partial charge on any atom is -0.338 e. The van der Waals surface area contributed by atoms with Crippen molar-refractivity contribution in [2.24, 2.45) is 14.1 Å². The summed E-state index contributed by atoms with van der Waals surface area (Å²) in [5.74, 6) is -0.621. The van der Waals surface area contributed by atoms with Crippen molar-refractivity contribution in [2.45, 2.75) is 51.5 Å². The second kappa shape index (κ2) is 11.9. The lowest BCUT2D eigenvalue weighted by Crippen LogP contribution is -2.47. The van der Waals surface area contributed by atoms with E-state index in [2.05, 4.69) is 57.9 Å². The number of nitrogens with one attached hydrogen (secondary N) is 2. The van der Waals surface area contributed by atoms with Crippen LogP contribution < -0.4 is 10.6 Å². The van der Waals surface area contributed by atoms with E-state index in [1.54, 1.807) is 31.7 Å². The Morgan fingerprint density at radius 1 is 0.932 bits per heavy atom. The lowest BCUT2D eigenvalue weighted by Gasteiger charge is -2.25. The normalized spacial score (nSPS) is 14.8. The molecule has 2 amide bonds. The average Bonchev–Trinajstić information content (AvgIpc) is 3.74. The van der Waals surface area contributed by atoms with Gasteiger partial charge in [-0.1, -0.05) is 38.1 Å². The van der Waals surface area contributed by atoms with E-state index in [0.29, 0.717) is 11.4 Å². The van der Waals surface area contributed by atoms with Gasteiger partial charge in [-0.15, -0.1) is 0 Å². The van der Waals surface area contributed by atoms with Gasteiger partial charge >= 0.3 is 0 Å². The van der Waals surface area contributed by atoms with Gasteiger partial charge in [0, 0.05) is 49.2 Å². The molecular formula is C34H36N8O2. The minimum absolute atomic E-state index is 0.236. The summed E-state index contributed by atoms with van der Waals surface area (Å²) >= 11 is 0. The van der Waals surface area contributed by atoms with E-state index >= 15 is 0 Å². The first-order valence-electron chi connectivity index (χ1n) is 14.8. The van der Waals surface area contributed by atoms with E-state index in [1.807, 2.05) is 49.1 Å². The number of anilines is 1. The third kappa shape index (κ3) is 5.62. The fraction of sp³-hybridized carbons (Fsp3) is 0.294.